The lowest BCUT2D eigenvalue weighted by molar-refractivity contribution is -0.113. The standard InChI is InChI=1S/C15H11Cl2N3O2S2/c1-7-5-8-13(22)19-15(20-14(8)24-7)23-6-11(21)18-10-4-2-3-9(16)12(10)17/h2-5H,6H2,1H3,(H,18,21)(H,19,20,22). The molecule has 0 fully saturated rings. The summed E-state index contributed by atoms with van der Waals surface area (Å²) >= 11 is 14.5. The van der Waals surface area contributed by atoms with E-state index < -0.39 is 0 Å². The number of fused-ring (bicyclic) bond motifs is 1. The number of halogens is 2. The molecule has 3 rings (SSSR count). The van der Waals surface area contributed by atoms with Gasteiger partial charge in [0.1, 0.15) is 4.83 Å². The SMILES string of the molecule is Cc1cc2c(=O)[nH]c(SCC(=O)Nc3cccc(Cl)c3Cl)nc2s1. The first-order chi connectivity index (χ1) is 11.4. The van der Waals surface area contributed by atoms with Crippen molar-refractivity contribution in [3.05, 3.63) is 49.5 Å². The molecule has 124 valence electrons. The summed E-state index contributed by atoms with van der Waals surface area (Å²) in [5, 5.41) is 4.31. The number of benzene rings is 1. The van der Waals surface area contributed by atoms with Gasteiger partial charge in [0.05, 0.1) is 26.9 Å². The Morgan fingerprint density at radius 3 is 3.00 bits per heavy atom. The number of thioether (sulfide) groups is 1. The highest BCUT2D eigenvalue weighted by Crippen LogP contribution is 2.29. The number of carbonyl (C=O) groups is 1. The minimum atomic E-state index is -0.269. The number of hydrogen-bond donors (Lipinski definition) is 2. The Hall–Kier alpha value is -1.54. The predicted octanol–water partition coefficient (Wildman–Crippen LogP) is 4.33. The molecule has 0 atom stereocenters. The van der Waals surface area contributed by atoms with Crippen molar-refractivity contribution in [1.82, 2.24) is 9.97 Å². The van der Waals surface area contributed by atoms with Crippen LogP contribution in [-0.2, 0) is 4.79 Å². The second kappa shape index (κ2) is 7.14. The third-order valence-corrected chi connectivity index (χ3v) is 5.71. The number of nitrogens with one attached hydrogen (secondary N) is 2. The van der Waals surface area contributed by atoms with Gasteiger partial charge < -0.3 is 10.3 Å². The van der Waals surface area contributed by atoms with Crippen LogP contribution in [-0.4, -0.2) is 21.6 Å². The van der Waals surface area contributed by atoms with Gasteiger partial charge in [0.2, 0.25) is 5.91 Å². The monoisotopic (exact) mass is 399 g/mol. The van der Waals surface area contributed by atoms with Gasteiger partial charge in [-0.1, -0.05) is 41.0 Å². The van der Waals surface area contributed by atoms with Crippen LogP contribution in [0.2, 0.25) is 10.0 Å². The molecule has 3 aromatic rings. The molecular formula is C15H11Cl2N3O2S2. The van der Waals surface area contributed by atoms with E-state index in [2.05, 4.69) is 15.3 Å². The van der Waals surface area contributed by atoms with Crippen molar-refractivity contribution in [2.75, 3.05) is 11.1 Å². The van der Waals surface area contributed by atoms with Crippen LogP contribution in [0.25, 0.3) is 10.2 Å². The van der Waals surface area contributed by atoms with Gasteiger partial charge in [0, 0.05) is 4.88 Å². The molecule has 0 saturated heterocycles. The van der Waals surface area contributed by atoms with Crippen LogP contribution in [0, 0.1) is 6.92 Å². The van der Waals surface area contributed by atoms with Crippen molar-refractivity contribution < 1.29 is 4.79 Å². The molecule has 1 aromatic carbocycles. The molecule has 0 aliphatic rings. The van der Waals surface area contributed by atoms with Gasteiger partial charge in [0.15, 0.2) is 5.16 Å². The van der Waals surface area contributed by atoms with Crippen molar-refractivity contribution >= 4 is 68.1 Å². The molecule has 24 heavy (non-hydrogen) atoms. The Labute approximate surface area is 155 Å². The summed E-state index contributed by atoms with van der Waals surface area (Å²) in [4.78, 5) is 32.8. The van der Waals surface area contributed by atoms with E-state index in [1.807, 2.05) is 6.92 Å². The molecule has 5 nitrogen and oxygen atoms in total. The molecule has 0 saturated carbocycles. The maximum Gasteiger partial charge on any atom is 0.260 e. The third-order valence-electron chi connectivity index (χ3n) is 3.07. The number of aromatic amines is 1. The summed E-state index contributed by atoms with van der Waals surface area (Å²) in [5.41, 5.74) is 0.241. The molecule has 0 radical (unpaired) electrons. The summed E-state index contributed by atoms with van der Waals surface area (Å²) in [6.07, 6.45) is 0. The maximum atomic E-state index is 12.1. The number of carbonyl (C=O) groups excluding carboxylic acids is 1. The average molecular weight is 400 g/mol. The fraction of sp³-hybridized carbons (Fsp3) is 0.133. The molecule has 0 unspecified atom stereocenters. The molecule has 2 heterocycles. The van der Waals surface area contributed by atoms with E-state index in [1.54, 1.807) is 24.3 Å². The first-order valence-electron chi connectivity index (χ1n) is 6.81. The quantitative estimate of drug-likeness (QED) is 0.505. The number of amides is 1. The van der Waals surface area contributed by atoms with Gasteiger partial charge >= 0.3 is 0 Å². The van der Waals surface area contributed by atoms with E-state index >= 15 is 0 Å². The maximum absolute atomic E-state index is 12.1. The Morgan fingerprint density at radius 2 is 2.21 bits per heavy atom. The minimum Gasteiger partial charge on any atom is -0.324 e. The van der Waals surface area contributed by atoms with Gasteiger partial charge in [-0.25, -0.2) is 4.98 Å². The van der Waals surface area contributed by atoms with Crippen molar-refractivity contribution in [3.63, 3.8) is 0 Å². The first-order valence-corrected chi connectivity index (χ1v) is 9.37. The summed E-state index contributed by atoms with van der Waals surface area (Å²) in [5.74, 6) is -0.184. The Morgan fingerprint density at radius 1 is 1.42 bits per heavy atom. The summed E-state index contributed by atoms with van der Waals surface area (Å²) < 4.78 is 0. The highest BCUT2D eigenvalue weighted by molar-refractivity contribution is 7.99. The number of aryl methyl sites for hydroxylation is 1. The van der Waals surface area contributed by atoms with Gasteiger partial charge in [-0.15, -0.1) is 11.3 Å². The number of rotatable bonds is 4. The van der Waals surface area contributed by atoms with Crippen LogP contribution in [0.3, 0.4) is 0 Å². The summed E-state index contributed by atoms with van der Waals surface area (Å²) in [7, 11) is 0. The molecule has 2 N–H and O–H groups in total. The second-order valence-corrected chi connectivity index (χ2v) is 7.87. The first kappa shape index (κ1) is 17.3. The Balaban J connectivity index is 1.70. The van der Waals surface area contributed by atoms with Crippen LogP contribution in [0.15, 0.2) is 34.2 Å². The predicted molar refractivity (Wildman–Crippen MR) is 101 cm³/mol. The van der Waals surface area contributed by atoms with E-state index in [4.69, 9.17) is 23.2 Å². The lowest BCUT2D eigenvalue weighted by atomic mass is 10.3. The highest BCUT2D eigenvalue weighted by Gasteiger charge is 2.11. The zero-order valence-corrected chi connectivity index (χ0v) is 15.5. The molecule has 1 amide bonds. The van der Waals surface area contributed by atoms with Crippen molar-refractivity contribution in [2.24, 2.45) is 0 Å². The van der Waals surface area contributed by atoms with E-state index in [1.165, 1.54) is 11.3 Å². The summed E-state index contributed by atoms with van der Waals surface area (Å²) in [6, 6.07) is 6.80. The van der Waals surface area contributed by atoms with Gasteiger partial charge in [-0.2, -0.15) is 0 Å². The van der Waals surface area contributed by atoms with E-state index in [0.717, 1.165) is 16.6 Å². The molecule has 9 heteroatoms. The highest BCUT2D eigenvalue weighted by atomic mass is 35.5. The minimum absolute atomic E-state index is 0.0850. The molecular weight excluding hydrogens is 389 g/mol. The number of anilines is 1. The van der Waals surface area contributed by atoms with Gasteiger partial charge in [-0.05, 0) is 25.1 Å². The average Bonchev–Trinajstić information content (AvgIpc) is 2.91. The fourth-order valence-corrected chi connectivity index (χ4v) is 3.97. The van der Waals surface area contributed by atoms with Crippen LogP contribution in [0.4, 0.5) is 5.69 Å². The Kier molecular flexibility index (Phi) is 5.15. The van der Waals surface area contributed by atoms with Crippen LogP contribution < -0.4 is 10.9 Å². The zero-order chi connectivity index (χ0) is 17.3. The largest absolute Gasteiger partial charge is 0.324 e. The van der Waals surface area contributed by atoms with Crippen LogP contribution in [0.5, 0.6) is 0 Å². The van der Waals surface area contributed by atoms with E-state index in [9.17, 15) is 9.59 Å². The normalized spacial score (nSPS) is 11.0. The third kappa shape index (κ3) is 3.75. The summed E-state index contributed by atoms with van der Waals surface area (Å²) in [6.45, 7) is 1.92. The zero-order valence-electron chi connectivity index (χ0n) is 12.4. The van der Waals surface area contributed by atoms with Crippen molar-refractivity contribution in [3.8, 4) is 0 Å². The molecule has 0 spiro atoms. The van der Waals surface area contributed by atoms with E-state index in [-0.39, 0.29) is 17.2 Å². The number of H-pyrrole nitrogens is 1. The topological polar surface area (TPSA) is 74.8 Å². The molecule has 2 aromatic heterocycles. The van der Waals surface area contributed by atoms with E-state index in [0.29, 0.717) is 31.1 Å². The lowest BCUT2D eigenvalue weighted by Crippen LogP contribution is -2.15. The fourth-order valence-electron chi connectivity index (χ4n) is 2.02. The van der Waals surface area contributed by atoms with Crippen LogP contribution >= 0.6 is 46.3 Å². The molecule has 0 bridgehead atoms. The molecule has 0 aliphatic heterocycles. The number of aromatic nitrogens is 2. The van der Waals surface area contributed by atoms with Gasteiger partial charge in [0.25, 0.3) is 5.56 Å². The van der Waals surface area contributed by atoms with Crippen molar-refractivity contribution in [1.29, 1.82) is 0 Å². The number of thiophene rings is 1. The van der Waals surface area contributed by atoms with Gasteiger partial charge in [-0.3, -0.25) is 9.59 Å². The second-order valence-electron chi connectivity index (χ2n) is 4.89. The lowest BCUT2D eigenvalue weighted by Gasteiger charge is -2.07. The van der Waals surface area contributed by atoms with Crippen molar-refractivity contribution in [2.45, 2.75) is 12.1 Å². The number of nitrogens with zero attached hydrogens (tertiary/aromatic N) is 1. The molecule has 0 aliphatic carbocycles. The number of hydrogen-bond acceptors (Lipinski definition) is 5. The smallest absolute Gasteiger partial charge is 0.260 e. The Bertz CT molecular complexity index is 984. The van der Waals surface area contributed by atoms with Crippen LogP contribution in [0.1, 0.15) is 4.88 Å².